The maximum absolute atomic E-state index is 13.3. The third-order valence-electron chi connectivity index (χ3n) is 4.93. The Kier molecular flexibility index (Phi) is 9.04. The Hall–Kier alpha value is -1.81. The van der Waals surface area contributed by atoms with Crippen molar-refractivity contribution < 1.29 is 9.18 Å². The number of aryl methyl sites for hydroxylation is 1. The molecule has 2 unspecified atom stereocenters. The zero-order valence-corrected chi connectivity index (χ0v) is 17.9. The first kappa shape index (κ1) is 22.5. The average Bonchev–Trinajstić information content (AvgIpc) is 3.10. The van der Waals surface area contributed by atoms with Gasteiger partial charge in [-0.25, -0.2) is 4.39 Å². The Bertz CT molecular complexity index is 715. The number of rotatable bonds is 5. The topological polar surface area (TPSA) is 32.3 Å². The fourth-order valence-electron chi connectivity index (χ4n) is 3.28. The van der Waals surface area contributed by atoms with E-state index in [4.69, 9.17) is 11.6 Å². The lowest BCUT2D eigenvalue weighted by Gasteiger charge is -2.19. The monoisotopic (exact) mass is 406 g/mol. The van der Waals surface area contributed by atoms with Crippen molar-refractivity contribution in [2.45, 2.75) is 64.4 Å². The van der Waals surface area contributed by atoms with Crippen molar-refractivity contribution in [2.24, 2.45) is 0 Å². The molecule has 0 radical (unpaired) electrons. The number of anilines is 1. The number of benzene rings is 1. The second kappa shape index (κ2) is 11.3. The van der Waals surface area contributed by atoms with E-state index in [9.17, 15) is 9.18 Å². The van der Waals surface area contributed by atoms with Crippen LogP contribution >= 0.6 is 11.6 Å². The van der Waals surface area contributed by atoms with E-state index in [1.807, 2.05) is 37.3 Å². The molecule has 1 aliphatic heterocycles. The number of halogens is 2. The Balaban J connectivity index is 0.000000500. The predicted molar refractivity (Wildman–Crippen MR) is 117 cm³/mol. The Morgan fingerprint density at radius 3 is 2.61 bits per heavy atom. The zero-order chi connectivity index (χ0) is 20.5. The van der Waals surface area contributed by atoms with Crippen LogP contribution in [0, 0.1) is 6.92 Å². The highest BCUT2D eigenvalue weighted by Crippen LogP contribution is 2.24. The summed E-state index contributed by atoms with van der Waals surface area (Å²) >= 11 is 6.12. The summed E-state index contributed by atoms with van der Waals surface area (Å²) in [7, 11) is 0. The van der Waals surface area contributed by atoms with Gasteiger partial charge >= 0.3 is 0 Å². The maximum Gasteiger partial charge on any atom is 0.253 e. The van der Waals surface area contributed by atoms with Crippen molar-refractivity contribution >= 4 is 23.2 Å². The van der Waals surface area contributed by atoms with Gasteiger partial charge in [-0.1, -0.05) is 45.3 Å². The number of likely N-dealkylation sites (tertiary alicyclic amines) is 1. The minimum Gasteiger partial charge on any atom is -0.359 e. The predicted octanol–water partition coefficient (Wildman–Crippen LogP) is 6.24. The summed E-state index contributed by atoms with van der Waals surface area (Å²) in [5.74, 6) is -0.0968. The first-order chi connectivity index (χ1) is 13.4. The highest BCUT2D eigenvalue weighted by Gasteiger charge is 2.26. The van der Waals surface area contributed by atoms with Gasteiger partial charge in [0.15, 0.2) is 0 Å². The van der Waals surface area contributed by atoms with Crippen molar-refractivity contribution in [3.63, 3.8) is 0 Å². The summed E-state index contributed by atoms with van der Waals surface area (Å²) in [6.07, 6.45) is 10.3. The third-order valence-corrected chi connectivity index (χ3v) is 5.23. The number of carbonyl (C=O) groups is 1. The number of nitrogens with zero attached hydrogens (tertiary/aromatic N) is 1. The number of hydrogen-bond acceptors (Lipinski definition) is 2. The molecule has 3 nitrogen and oxygen atoms in total. The quantitative estimate of drug-likeness (QED) is 0.587. The van der Waals surface area contributed by atoms with Crippen LogP contribution in [0.1, 0.15) is 61.9 Å². The molecule has 1 heterocycles. The first-order valence-corrected chi connectivity index (χ1v) is 10.7. The lowest BCUT2D eigenvalue weighted by molar-refractivity contribution is 0.0783. The summed E-state index contributed by atoms with van der Waals surface area (Å²) < 4.78 is 13.3. The molecule has 5 heteroatoms. The molecule has 1 N–H and O–H groups in total. The van der Waals surface area contributed by atoms with E-state index in [0.717, 1.165) is 23.4 Å². The Morgan fingerprint density at radius 2 is 2.07 bits per heavy atom. The maximum atomic E-state index is 13.3. The van der Waals surface area contributed by atoms with E-state index in [-0.39, 0.29) is 17.8 Å². The highest BCUT2D eigenvalue weighted by molar-refractivity contribution is 6.22. The molecular weight excluding hydrogens is 375 g/mol. The molecule has 1 aromatic carbocycles. The number of alkyl halides is 2. The van der Waals surface area contributed by atoms with Gasteiger partial charge in [-0.2, -0.15) is 0 Å². The fourth-order valence-corrected chi connectivity index (χ4v) is 3.53. The summed E-state index contributed by atoms with van der Waals surface area (Å²) in [6, 6.07) is 5.54. The molecule has 1 fully saturated rings. The molecule has 3 rings (SSSR count). The zero-order valence-electron chi connectivity index (χ0n) is 17.2. The van der Waals surface area contributed by atoms with Crippen LogP contribution in [0.25, 0.3) is 0 Å². The molecular formula is C23H32ClFN2O. The molecule has 1 saturated heterocycles. The van der Waals surface area contributed by atoms with Gasteiger partial charge < -0.3 is 10.2 Å². The molecule has 0 aromatic heterocycles. The minimum atomic E-state index is -0.893. The molecule has 0 saturated carbocycles. The number of nitrogens with one attached hydrogen (secondary N) is 1. The summed E-state index contributed by atoms with van der Waals surface area (Å²) in [4.78, 5) is 14.0. The highest BCUT2D eigenvalue weighted by atomic mass is 35.5. The summed E-state index contributed by atoms with van der Waals surface area (Å²) in [5, 5.41) is 3.37. The van der Waals surface area contributed by atoms with Crippen molar-refractivity contribution in [3.05, 3.63) is 53.3 Å². The Morgan fingerprint density at radius 1 is 1.32 bits per heavy atom. The molecule has 1 aromatic rings. The van der Waals surface area contributed by atoms with Crippen LogP contribution in [0.5, 0.6) is 0 Å². The molecule has 1 aliphatic carbocycles. The lowest BCUT2D eigenvalue weighted by Crippen LogP contribution is -2.29. The number of unbranched alkanes of at least 4 members (excludes halogenated alkanes) is 2. The van der Waals surface area contributed by atoms with Gasteiger partial charge in [0.05, 0.1) is 11.9 Å². The Labute approximate surface area is 173 Å². The number of hydrogen-bond donors (Lipinski definition) is 1. The van der Waals surface area contributed by atoms with E-state index in [1.165, 1.54) is 19.3 Å². The first-order valence-electron chi connectivity index (χ1n) is 10.3. The molecule has 1 amide bonds. The van der Waals surface area contributed by atoms with E-state index in [1.54, 1.807) is 11.0 Å². The van der Waals surface area contributed by atoms with Crippen LogP contribution < -0.4 is 5.32 Å². The minimum absolute atomic E-state index is 0.00692. The van der Waals surface area contributed by atoms with Gasteiger partial charge in [-0.05, 0) is 43.2 Å². The van der Waals surface area contributed by atoms with Gasteiger partial charge in [0, 0.05) is 29.9 Å². The smallest absolute Gasteiger partial charge is 0.253 e. The van der Waals surface area contributed by atoms with Crippen LogP contribution in [0.15, 0.2) is 42.1 Å². The van der Waals surface area contributed by atoms with Gasteiger partial charge in [-0.15, -0.1) is 11.6 Å². The van der Waals surface area contributed by atoms with Crippen LogP contribution in [-0.4, -0.2) is 35.4 Å². The summed E-state index contributed by atoms with van der Waals surface area (Å²) in [6.45, 7) is 7.08. The van der Waals surface area contributed by atoms with E-state index < -0.39 is 6.17 Å². The molecule has 28 heavy (non-hydrogen) atoms. The van der Waals surface area contributed by atoms with Crippen molar-refractivity contribution in [3.8, 4) is 0 Å². The van der Waals surface area contributed by atoms with E-state index >= 15 is 0 Å². The molecule has 0 bridgehead atoms. The van der Waals surface area contributed by atoms with Crippen LogP contribution in [-0.2, 0) is 0 Å². The van der Waals surface area contributed by atoms with Crippen LogP contribution in [0.2, 0.25) is 0 Å². The molecule has 2 aliphatic rings. The SMILES string of the molecule is CCCCC.Cc1cc(C(=O)N2CCC(F)C2)ccc1NC1=CC=CC(Cl)C1. The van der Waals surface area contributed by atoms with Crippen LogP contribution in [0.4, 0.5) is 10.1 Å². The average molecular weight is 407 g/mol. The second-order valence-corrected chi connectivity index (χ2v) is 8.00. The fraction of sp³-hybridized carbons (Fsp3) is 0.522. The standard InChI is InChI=1S/C18H20ClFN2O.C5H12/c1-12-9-13(18(23)22-8-7-15(20)11-22)5-6-17(12)21-16-4-2-3-14(19)10-16;1-3-5-4-2/h2-6,9,14-15,21H,7-8,10-11H2,1H3;3-5H2,1-2H3. The van der Waals surface area contributed by atoms with E-state index in [0.29, 0.717) is 18.5 Å². The number of carbonyl (C=O) groups excluding carboxylic acids is 1. The molecule has 2 atom stereocenters. The summed E-state index contributed by atoms with van der Waals surface area (Å²) in [5.41, 5.74) is 3.59. The lowest BCUT2D eigenvalue weighted by atomic mass is 10.1. The normalized spacial score (nSPS) is 21.0. The van der Waals surface area contributed by atoms with Crippen molar-refractivity contribution in [1.29, 1.82) is 0 Å². The van der Waals surface area contributed by atoms with Gasteiger partial charge in [-0.3, -0.25) is 4.79 Å². The van der Waals surface area contributed by atoms with Gasteiger partial charge in [0.1, 0.15) is 6.17 Å². The van der Waals surface area contributed by atoms with Crippen LogP contribution in [0.3, 0.4) is 0 Å². The van der Waals surface area contributed by atoms with Gasteiger partial charge in [0.25, 0.3) is 5.91 Å². The molecule has 0 spiro atoms. The largest absolute Gasteiger partial charge is 0.359 e. The van der Waals surface area contributed by atoms with Gasteiger partial charge in [0.2, 0.25) is 0 Å². The second-order valence-electron chi connectivity index (χ2n) is 7.44. The third kappa shape index (κ3) is 6.66. The number of allylic oxidation sites excluding steroid dienone is 4. The number of amides is 1. The van der Waals surface area contributed by atoms with E-state index in [2.05, 4.69) is 19.2 Å². The van der Waals surface area contributed by atoms with Crippen molar-refractivity contribution in [1.82, 2.24) is 4.90 Å². The molecule has 154 valence electrons. The van der Waals surface area contributed by atoms with Crippen molar-refractivity contribution in [2.75, 3.05) is 18.4 Å².